The Morgan fingerprint density at radius 3 is 2.67 bits per heavy atom. The highest BCUT2D eigenvalue weighted by Crippen LogP contribution is 2.22. The van der Waals surface area contributed by atoms with Crippen molar-refractivity contribution in [2.24, 2.45) is 0 Å². The molecule has 7 nitrogen and oxygen atoms in total. The van der Waals surface area contributed by atoms with Crippen LogP contribution in [0.25, 0.3) is 11.0 Å². The standard InChI is InChI=1S/C12H14N4O3.C2H6/c1-3-14-11(17)8-9(13-2)7-5-4-6-15-10(7)16(19)12(8)18;1-2/h4-6,13,19H,3H2,1-2H3,(H,14,17);1-2H3. The van der Waals surface area contributed by atoms with Crippen LogP contribution in [-0.4, -0.2) is 34.4 Å². The Balaban J connectivity index is 0.00000106. The molecule has 2 rings (SSSR count). The van der Waals surface area contributed by atoms with Gasteiger partial charge in [0.25, 0.3) is 11.5 Å². The van der Waals surface area contributed by atoms with Gasteiger partial charge < -0.3 is 15.8 Å². The summed E-state index contributed by atoms with van der Waals surface area (Å²) < 4.78 is 0.390. The monoisotopic (exact) mass is 292 g/mol. The number of aromatic nitrogens is 2. The van der Waals surface area contributed by atoms with Gasteiger partial charge in [0.05, 0.1) is 5.69 Å². The molecule has 0 saturated heterocycles. The van der Waals surface area contributed by atoms with Gasteiger partial charge in [0.1, 0.15) is 5.56 Å². The molecule has 2 aromatic rings. The Morgan fingerprint density at radius 2 is 2.10 bits per heavy atom. The molecule has 21 heavy (non-hydrogen) atoms. The molecular weight excluding hydrogens is 272 g/mol. The third-order valence-electron chi connectivity index (χ3n) is 2.73. The van der Waals surface area contributed by atoms with Gasteiger partial charge in [-0.15, -0.1) is 4.73 Å². The van der Waals surface area contributed by atoms with E-state index in [9.17, 15) is 14.8 Å². The number of rotatable bonds is 3. The molecule has 0 spiro atoms. The summed E-state index contributed by atoms with van der Waals surface area (Å²) >= 11 is 0. The number of carbonyl (C=O) groups excluding carboxylic acids is 1. The molecular formula is C14H20N4O3. The van der Waals surface area contributed by atoms with Crippen LogP contribution >= 0.6 is 0 Å². The maximum Gasteiger partial charge on any atom is 0.299 e. The summed E-state index contributed by atoms with van der Waals surface area (Å²) in [6, 6.07) is 3.33. The van der Waals surface area contributed by atoms with Crippen LogP contribution in [0.4, 0.5) is 5.69 Å². The molecule has 0 aliphatic carbocycles. The Bertz CT molecular complexity index is 694. The maximum atomic E-state index is 12.1. The largest absolute Gasteiger partial charge is 0.423 e. The van der Waals surface area contributed by atoms with E-state index in [0.29, 0.717) is 22.3 Å². The van der Waals surface area contributed by atoms with Crippen LogP contribution in [0.2, 0.25) is 0 Å². The quantitative estimate of drug-likeness (QED) is 0.744. The highest BCUT2D eigenvalue weighted by atomic mass is 16.5. The van der Waals surface area contributed by atoms with E-state index in [4.69, 9.17) is 0 Å². The number of nitrogens with one attached hydrogen (secondary N) is 2. The molecule has 114 valence electrons. The number of pyridine rings is 2. The fraction of sp³-hybridized carbons (Fsp3) is 0.357. The van der Waals surface area contributed by atoms with Gasteiger partial charge >= 0.3 is 0 Å². The molecule has 0 atom stereocenters. The summed E-state index contributed by atoms with van der Waals surface area (Å²) in [5.41, 5.74) is -0.483. The third kappa shape index (κ3) is 2.96. The van der Waals surface area contributed by atoms with Crippen molar-refractivity contribution >= 4 is 22.6 Å². The topological polar surface area (TPSA) is 96.2 Å². The van der Waals surface area contributed by atoms with Crippen LogP contribution in [0.1, 0.15) is 31.1 Å². The predicted octanol–water partition coefficient (Wildman–Crippen LogP) is 1.45. The van der Waals surface area contributed by atoms with E-state index >= 15 is 0 Å². The van der Waals surface area contributed by atoms with E-state index in [1.54, 1.807) is 26.1 Å². The molecule has 3 N–H and O–H groups in total. The van der Waals surface area contributed by atoms with Crippen molar-refractivity contribution in [3.8, 4) is 0 Å². The van der Waals surface area contributed by atoms with Gasteiger partial charge in [-0.3, -0.25) is 9.59 Å². The van der Waals surface area contributed by atoms with Gasteiger partial charge in [-0.2, -0.15) is 0 Å². The Labute approximate surface area is 122 Å². The van der Waals surface area contributed by atoms with E-state index in [1.807, 2.05) is 13.8 Å². The minimum Gasteiger partial charge on any atom is -0.423 e. The summed E-state index contributed by atoms with van der Waals surface area (Å²) in [5, 5.41) is 15.7. The van der Waals surface area contributed by atoms with Crippen LogP contribution in [0.3, 0.4) is 0 Å². The van der Waals surface area contributed by atoms with Crippen LogP contribution in [0.5, 0.6) is 0 Å². The van der Waals surface area contributed by atoms with Crippen molar-refractivity contribution in [2.45, 2.75) is 20.8 Å². The number of carbonyl (C=O) groups is 1. The number of hydrogen-bond acceptors (Lipinski definition) is 5. The van der Waals surface area contributed by atoms with Gasteiger partial charge in [0.2, 0.25) is 0 Å². The van der Waals surface area contributed by atoms with Crippen LogP contribution in [0.15, 0.2) is 23.1 Å². The Kier molecular flexibility index (Phi) is 5.71. The first-order chi connectivity index (χ1) is 10.1. The highest BCUT2D eigenvalue weighted by molar-refractivity contribution is 6.06. The molecule has 0 fully saturated rings. The van der Waals surface area contributed by atoms with Crippen molar-refractivity contribution in [2.75, 3.05) is 18.9 Å². The predicted molar refractivity (Wildman–Crippen MR) is 82.1 cm³/mol. The molecule has 0 saturated carbocycles. The summed E-state index contributed by atoms with van der Waals surface area (Å²) in [7, 11) is 1.60. The molecule has 7 heteroatoms. The third-order valence-corrected chi connectivity index (χ3v) is 2.73. The molecule has 0 aromatic carbocycles. The second-order valence-electron chi connectivity index (χ2n) is 3.85. The molecule has 0 radical (unpaired) electrons. The van der Waals surface area contributed by atoms with Gasteiger partial charge in [0.15, 0.2) is 5.65 Å². The van der Waals surface area contributed by atoms with Gasteiger partial charge in [0, 0.05) is 25.2 Å². The molecule has 1 amide bonds. The smallest absolute Gasteiger partial charge is 0.299 e. The fourth-order valence-corrected chi connectivity index (χ4v) is 1.92. The fourth-order valence-electron chi connectivity index (χ4n) is 1.92. The normalized spacial score (nSPS) is 9.71. The number of fused-ring (bicyclic) bond motifs is 1. The lowest BCUT2D eigenvalue weighted by atomic mass is 10.1. The van der Waals surface area contributed by atoms with Gasteiger partial charge in [-0.25, -0.2) is 4.98 Å². The first kappa shape index (κ1) is 16.5. The van der Waals surface area contributed by atoms with E-state index in [-0.39, 0.29) is 11.2 Å². The van der Waals surface area contributed by atoms with E-state index in [2.05, 4.69) is 15.6 Å². The van der Waals surface area contributed by atoms with Crippen LogP contribution in [0, 0.1) is 0 Å². The lowest BCUT2D eigenvalue weighted by molar-refractivity contribution is 0.0949. The first-order valence-electron chi connectivity index (χ1n) is 6.80. The average Bonchev–Trinajstić information content (AvgIpc) is 2.52. The van der Waals surface area contributed by atoms with Crippen molar-refractivity contribution in [1.82, 2.24) is 15.0 Å². The van der Waals surface area contributed by atoms with Crippen LogP contribution in [-0.2, 0) is 0 Å². The van der Waals surface area contributed by atoms with Gasteiger partial charge in [-0.1, -0.05) is 13.8 Å². The Morgan fingerprint density at radius 1 is 1.43 bits per heavy atom. The van der Waals surface area contributed by atoms with E-state index < -0.39 is 11.5 Å². The second-order valence-corrected chi connectivity index (χ2v) is 3.85. The van der Waals surface area contributed by atoms with Crippen molar-refractivity contribution in [3.05, 3.63) is 34.2 Å². The first-order valence-corrected chi connectivity index (χ1v) is 6.80. The van der Waals surface area contributed by atoms with E-state index in [0.717, 1.165) is 0 Å². The van der Waals surface area contributed by atoms with Crippen molar-refractivity contribution in [3.63, 3.8) is 0 Å². The summed E-state index contributed by atoms with van der Waals surface area (Å²) in [6.07, 6.45) is 1.46. The number of anilines is 1. The zero-order valence-corrected chi connectivity index (χ0v) is 12.6. The molecule has 0 aliphatic heterocycles. The number of hydrogen-bond donors (Lipinski definition) is 3. The summed E-state index contributed by atoms with van der Waals surface area (Å²) in [4.78, 5) is 27.9. The Hall–Kier alpha value is -2.57. The highest BCUT2D eigenvalue weighted by Gasteiger charge is 2.21. The number of amides is 1. The lowest BCUT2D eigenvalue weighted by Gasteiger charge is -2.12. The molecule has 0 aliphatic rings. The number of nitrogens with zero attached hydrogens (tertiary/aromatic N) is 2. The minimum absolute atomic E-state index is 0.102. The molecule has 0 unspecified atom stereocenters. The summed E-state index contributed by atoms with van der Waals surface area (Å²) in [5.74, 6) is -0.537. The second kappa shape index (κ2) is 7.28. The summed E-state index contributed by atoms with van der Waals surface area (Å²) in [6.45, 7) is 6.13. The van der Waals surface area contributed by atoms with Crippen LogP contribution < -0.4 is 16.2 Å². The molecule has 2 aromatic heterocycles. The van der Waals surface area contributed by atoms with Crippen molar-refractivity contribution < 1.29 is 10.0 Å². The lowest BCUT2D eigenvalue weighted by Crippen LogP contribution is -2.34. The van der Waals surface area contributed by atoms with Crippen molar-refractivity contribution in [1.29, 1.82) is 0 Å². The zero-order chi connectivity index (χ0) is 16.0. The SMILES string of the molecule is CC.CCNC(=O)c1c(NC)c2cccnc2n(O)c1=O. The maximum absolute atomic E-state index is 12.1. The van der Waals surface area contributed by atoms with E-state index in [1.165, 1.54) is 6.20 Å². The average molecular weight is 292 g/mol. The van der Waals surface area contributed by atoms with Gasteiger partial charge in [-0.05, 0) is 19.1 Å². The molecule has 2 heterocycles. The molecule has 0 bridgehead atoms. The zero-order valence-electron chi connectivity index (χ0n) is 12.6. The minimum atomic E-state index is -0.804.